The van der Waals surface area contributed by atoms with Crippen molar-refractivity contribution < 1.29 is 19.1 Å². The highest BCUT2D eigenvalue weighted by atomic mass is 16.6. The molecule has 0 bridgehead atoms. The number of pyridine rings is 1. The first kappa shape index (κ1) is 24.0. The molecule has 0 aromatic carbocycles. The van der Waals surface area contributed by atoms with Crippen molar-refractivity contribution in [2.45, 2.75) is 91.4 Å². The van der Waals surface area contributed by atoms with Crippen LogP contribution in [0, 0.1) is 0 Å². The van der Waals surface area contributed by atoms with E-state index in [2.05, 4.69) is 4.98 Å². The van der Waals surface area contributed by atoms with E-state index in [-0.39, 0.29) is 12.1 Å². The summed E-state index contributed by atoms with van der Waals surface area (Å²) >= 11 is 0. The van der Waals surface area contributed by atoms with Crippen LogP contribution < -0.4 is 4.90 Å². The predicted molar refractivity (Wildman–Crippen MR) is 118 cm³/mol. The molecule has 1 saturated heterocycles. The molecule has 7 heteroatoms. The van der Waals surface area contributed by atoms with Crippen LogP contribution in [0.4, 0.5) is 15.4 Å². The SMILES string of the molecule is CCCN(C(=O)OC(C)(C)C)c1ccc([C@@H]2CCCCN2C(=O)OC(C)(C)C)cn1. The van der Waals surface area contributed by atoms with Crippen LogP contribution >= 0.6 is 0 Å². The second kappa shape index (κ2) is 9.67. The fraction of sp³-hybridized carbons (Fsp3) is 0.696. The monoisotopic (exact) mass is 419 g/mol. The van der Waals surface area contributed by atoms with Gasteiger partial charge in [-0.05, 0) is 78.9 Å². The number of aromatic nitrogens is 1. The maximum atomic E-state index is 12.7. The van der Waals surface area contributed by atoms with Crippen molar-refractivity contribution in [3.63, 3.8) is 0 Å². The molecule has 1 aromatic heterocycles. The van der Waals surface area contributed by atoms with Gasteiger partial charge in [0.1, 0.15) is 17.0 Å². The molecular weight excluding hydrogens is 382 g/mol. The van der Waals surface area contributed by atoms with Gasteiger partial charge in [-0.15, -0.1) is 0 Å². The smallest absolute Gasteiger partial charge is 0.416 e. The second-order valence-electron chi connectivity index (χ2n) is 9.77. The Balaban J connectivity index is 2.20. The fourth-order valence-corrected chi connectivity index (χ4v) is 3.41. The number of likely N-dealkylation sites (tertiary alicyclic amines) is 1. The summed E-state index contributed by atoms with van der Waals surface area (Å²) in [6.45, 7) is 14.4. The third-order valence-electron chi connectivity index (χ3n) is 4.62. The number of ether oxygens (including phenoxy) is 2. The number of hydrogen-bond acceptors (Lipinski definition) is 5. The summed E-state index contributed by atoms with van der Waals surface area (Å²) in [5.74, 6) is 0.550. The van der Waals surface area contributed by atoms with Crippen LogP contribution in [-0.4, -0.2) is 46.4 Å². The maximum Gasteiger partial charge on any atom is 0.416 e. The van der Waals surface area contributed by atoms with Gasteiger partial charge < -0.3 is 14.4 Å². The summed E-state index contributed by atoms with van der Waals surface area (Å²) in [6, 6.07) is 3.70. The van der Waals surface area contributed by atoms with E-state index in [1.807, 2.05) is 60.6 Å². The van der Waals surface area contributed by atoms with Crippen molar-refractivity contribution in [1.82, 2.24) is 9.88 Å². The lowest BCUT2D eigenvalue weighted by Gasteiger charge is -2.37. The zero-order valence-corrected chi connectivity index (χ0v) is 19.5. The average molecular weight is 420 g/mol. The Morgan fingerprint density at radius 3 is 2.30 bits per heavy atom. The minimum absolute atomic E-state index is 0.0729. The first-order valence-electron chi connectivity index (χ1n) is 10.9. The lowest BCUT2D eigenvalue weighted by molar-refractivity contribution is 0.00947. The topological polar surface area (TPSA) is 72.0 Å². The van der Waals surface area contributed by atoms with Crippen molar-refractivity contribution in [1.29, 1.82) is 0 Å². The number of carbonyl (C=O) groups is 2. The molecule has 0 spiro atoms. The lowest BCUT2D eigenvalue weighted by atomic mass is 9.97. The quantitative estimate of drug-likeness (QED) is 0.626. The molecule has 0 unspecified atom stereocenters. The summed E-state index contributed by atoms with van der Waals surface area (Å²) in [4.78, 5) is 33.2. The molecule has 30 heavy (non-hydrogen) atoms. The van der Waals surface area contributed by atoms with Crippen molar-refractivity contribution in [2.75, 3.05) is 18.0 Å². The van der Waals surface area contributed by atoms with E-state index in [4.69, 9.17) is 9.47 Å². The Bertz CT molecular complexity index is 719. The molecule has 168 valence electrons. The van der Waals surface area contributed by atoms with Gasteiger partial charge >= 0.3 is 12.2 Å². The molecule has 1 aliphatic heterocycles. The summed E-state index contributed by atoms with van der Waals surface area (Å²) in [7, 11) is 0. The molecule has 1 atom stereocenters. The molecule has 0 radical (unpaired) electrons. The van der Waals surface area contributed by atoms with Gasteiger partial charge in [0.2, 0.25) is 0 Å². The highest BCUT2D eigenvalue weighted by Gasteiger charge is 2.32. The summed E-state index contributed by atoms with van der Waals surface area (Å²) in [5, 5.41) is 0. The van der Waals surface area contributed by atoms with E-state index in [1.54, 1.807) is 16.0 Å². The van der Waals surface area contributed by atoms with Gasteiger partial charge in [0, 0.05) is 19.3 Å². The van der Waals surface area contributed by atoms with Crippen LogP contribution in [0.15, 0.2) is 18.3 Å². The molecule has 0 saturated carbocycles. The van der Waals surface area contributed by atoms with Gasteiger partial charge in [-0.3, -0.25) is 4.90 Å². The standard InChI is InChI=1S/C23H37N3O4/c1-8-14-26(21(28)30-23(5,6)7)19-13-12-17(16-24-19)18-11-9-10-15-25(18)20(27)29-22(2,3)4/h12-13,16,18H,8-11,14-15H2,1-7H3/t18-/m0/s1. The van der Waals surface area contributed by atoms with Crippen molar-refractivity contribution >= 4 is 18.0 Å². The molecule has 1 aliphatic rings. The van der Waals surface area contributed by atoms with Crippen molar-refractivity contribution in [3.05, 3.63) is 23.9 Å². The molecule has 2 amide bonds. The van der Waals surface area contributed by atoms with E-state index in [9.17, 15) is 9.59 Å². The zero-order valence-electron chi connectivity index (χ0n) is 19.5. The zero-order chi connectivity index (χ0) is 22.5. The van der Waals surface area contributed by atoms with E-state index < -0.39 is 17.3 Å². The third kappa shape index (κ3) is 6.89. The molecule has 2 heterocycles. The number of anilines is 1. The Morgan fingerprint density at radius 1 is 1.10 bits per heavy atom. The van der Waals surface area contributed by atoms with Crippen LogP contribution in [0.1, 0.15) is 85.8 Å². The Morgan fingerprint density at radius 2 is 1.77 bits per heavy atom. The molecule has 2 rings (SSSR count). The molecule has 1 aromatic rings. The van der Waals surface area contributed by atoms with Crippen LogP contribution in [-0.2, 0) is 9.47 Å². The number of amides is 2. The molecular formula is C23H37N3O4. The normalized spacial score (nSPS) is 17.4. The maximum absolute atomic E-state index is 12.7. The third-order valence-corrected chi connectivity index (χ3v) is 4.62. The van der Waals surface area contributed by atoms with E-state index in [1.165, 1.54) is 0 Å². The summed E-state index contributed by atoms with van der Waals surface area (Å²) in [6.07, 6.45) is 4.73. The average Bonchev–Trinajstić information content (AvgIpc) is 2.63. The van der Waals surface area contributed by atoms with Crippen LogP contribution in [0.3, 0.4) is 0 Å². The van der Waals surface area contributed by atoms with Crippen molar-refractivity contribution in [3.8, 4) is 0 Å². The minimum atomic E-state index is -0.570. The number of nitrogens with zero attached hydrogens (tertiary/aromatic N) is 3. The van der Waals surface area contributed by atoms with Gasteiger partial charge in [0.05, 0.1) is 6.04 Å². The highest BCUT2D eigenvalue weighted by Crippen LogP contribution is 2.32. The van der Waals surface area contributed by atoms with Gasteiger partial charge in [0.15, 0.2) is 0 Å². The first-order chi connectivity index (χ1) is 13.9. The number of carbonyl (C=O) groups excluding carboxylic acids is 2. The Kier molecular flexibility index (Phi) is 7.72. The van der Waals surface area contributed by atoms with E-state index in [0.717, 1.165) is 31.2 Å². The predicted octanol–water partition coefficient (Wildman–Crippen LogP) is 5.70. The molecule has 7 nitrogen and oxygen atoms in total. The summed E-state index contributed by atoms with van der Waals surface area (Å²) < 4.78 is 11.1. The van der Waals surface area contributed by atoms with Crippen LogP contribution in [0.5, 0.6) is 0 Å². The van der Waals surface area contributed by atoms with Gasteiger partial charge in [0.25, 0.3) is 0 Å². The molecule has 0 N–H and O–H groups in total. The highest BCUT2D eigenvalue weighted by molar-refractivity contribution is 5.86. The largest absolute Gasteiger partial charge is 0.444 e. The molecule has 0 aliphatic carbocycles. The second-order valence-corrected chi connectivity index (χ2v) is 9.77. The van der Waals surface area contributed by atoms with E-state index >= 15 is 0 Å². The summed E-state index contributed by atoms with van der Waals surface area (Å²) in [5.41, 5.74) is -0.154. The number of hydrogen-bond donors (Lipinski definition) is 0. The van der Waals surface area contributed by atoms with Gasteiger partial charge in [-0.1, -0.05) is 13.0 Å². The Labute approximate surface area is 180 Å². The van der Waals surface area contributed by atoms with Gasteiger partial charge in [-0.2, -0.15) is 0 Å². The number of piperidine rings is 1. The lowest BCUT2D eigenvalue weighted by Crippen LogP contribution is -2.42. The van der Waals surface area contributed by atoms with E-state index in [0.29, 0.717) is 18.9 Å². The minimum Gasteiger partial charge on any atom is -0.444 e. The van der Waals surface area contributed by atoms with Crippen LogP contribution in [0.25, 0.3) is 0 Å². The molecule has 1 fully saturated rings. The Hall–Kier alpha value is -2.31. The fourth-order valence-electron chi connectivity index (χ4n) is 3.41. The van der Waals surface area contributed by atoms with Crippen molar-refractivity contribution in [2.24, 2.45) is 0 Å². The number of rotatable bonds is 4. The first-order valence-corrected chi connectivity index (χ1v) is 10.9. The van der Waals surface area contributed by atoms with Gasteiger partial charge in [-0.25, -0.2) is 14.6 Å². The van der Waals surface area contributed by atoms with Crippen LogP contribution in [0.2, 0.25) is 0 Å².